The summed E-state index contributed by atoms with van der Waals surface area (Å²) in [7, 11) is 1.24. The first kappa shape index (κ1) is 16.8. The number of ether oxygens (including phenoxy) is 1. The molecule has 0 saturated heterocycles. The number of hydrogen-bond acceptors (Lipinski definition) is 6. The maximum absolute atomic E-state index is 13.3. The van der Waals surface area contributed by atoms with E-state index in [0.717, 1.165) is 17.4 Å². The van der Waals surface area contributed by atoms with Gasteiger partial charge >= 0.3 is 5.97 Å². The number of anilines is 1. The van der Waals surface area contributed by atoms with Crippen LogP contribution < -0.4 is 10.7 Å². The minimum Gasteiger partial charge on any atom is -0.465 e. The minimum absolute atomic E-state index is 0.0678. The Hall–Kier alpha value is -3.07. The maximum Gasteiger partial charge on any atom is 0.350 e. The molecular formula is C16H12FN3O4S. The molecule has 128 valence electrons. The normalized spacial score (nSPS) is 10.7. The smallest absolute Gasteiger partial charge is 0.350 e. The van der Waals surface area contributed by atoms with Gasteiger partial charge in [0, 0.05) is 17.1 Å². The number of carbonyl (C=O) groups excluding carboxylic acids is 2. The van der Waals surface area contributed by atoms with Crippen LogP contribution in [-0.2, 0) is 4.74 Å². The molecule has 2 aromatic heterocycles. The number of amides is 1. The summed E-state index contributed by atoms with van der Waals surface area (Å²) in [4.78, 5) is 43.4. The summed E-state index contributed by atoms with van der Waals surface area (Å²) in [5, 5.41) is 2.69. The van der Waals surface area contributed by atoms with Gasteiger partial charge < -0.3 is 9.72 Å². The van der Waals surface area contributed by atoms with E-state index in [2.05, 4.69) is 20.0 Å². The van der Waals surface area contributed by atoms with Crippen LogP contribution in [0.5, 0.6) is 0 Å². The maximum atomic E-state index is 13.3. The molecule has 1 aromatic carbocycles. The van der Waals surface area contributed by atoms with Crippen LogP contribution in [0, 0.1) is 12.7 Å². The monoisotopic (exact) mass is 361 g/mol. The van der Waals surface area contributed by atoms with Crippen LogP contribution in [0.25, 0.3) is 10.9 Å². The Bertz CT molecular complexity index is 1060. The molecule has 0 bridgehead atoms. The van der Waals surface area contributed by atoms with Crippen LogP contribution in [0.15, 0.2) is 29.2 Å². The van der Waals surface area contributed by atoms with Crippen molar-refractivity contribution in [1.82, 2.24) is 9.97 Å². The van der Waals surface area contributed by atoms with Crippen molar-refractivity contribution in [3.05, 3.63) is 56.6 Å². The summed E-state index contributed by atoms with van der Waals surface area (Å²) in [6.45, 7) is 1.60. The summed E-state index contributed by atoms with van der Waals surface area (Å²) >= 11 is 0.937. The molecule has 2 N–H and O–H groups in total. The lowest BCUT2D eigenvalue weighted by atomic mass is 10.1. The van der Waals surface area contributed by atoms with E-state index in [0.29, 0.717) is 11.2 Å². The van der Waals surface area contributed by atoms with Gasteiger partial charge in [0.05, 0.1) is 12.8 Å². The number of methoxy groups -OCH3 is 1. The number of fused-ring (bicyclic) bond motifs is 1. The number of nitrogens with zero attached hydrogens (tertiary/aromatic N) is 1. The van der Waals surface area contributed by atoms with Gasteiger partial charge in [-0.25, -0.2) is 14.2 Å². The third-order valence-electron chi connectivity index (χ3n) is 3.48. The molecule has 7 nitrogen and oxygen atoms in total. The number of hydrogen-bond donors (Lipinski definition) is 2. The average molecular weight is 361 g/mol. The standard InChI is InChI=1S/C16H12FN3O4S/c1-7-13(15(23)24-2)25-16(19-7)20-14(22)10-6-18-11-4-3-8(17)5-9(11)12(10)21/h3-6H,1-2H3,(H,18,21)(H,19,20,22). The number of H-pyrrole nitrogens is 1. The van der Waals surface area contributed by atoms with E-state index in [9.17, 15) is 18.8 Å². The summed E-state index contributed by atoms with van der Waals surface area (Å²) in [6.07, 6.45) is 1.25. The first-order valence-corrected chi connectivity index (χ1v) is 7.90. The number of esters is 1. The number of rotatable bonds is 3. The number of halogens is 1. The number of aromatic amines is 1. The predicted molar refractivity (Wildman–Crippen MR) is 90.7 cm³/mol. The second kappa shape index (κ2) is 6.44. The summed E-state index contributed by atoms with van der Waals surface area (Å²) in [5.74, 6) is -1.85. The van der Waals surface area contributed by atoms with Gasteiger partial charge in [-0.05, 0) is 25.1 Å². The lowest BCUT2D eigenvalue weighted by Gasteiger charge is -2.03. The molecule has 0 aliphatic carbocycles. The van der Waals surface area contributed by atoms with Crippen molar-refractivity contribution in [1.29, 1.82) is 0 Å². The van der Waals surface area contributed by atoms with Crippen molar-refractivity contribution in [2.24, 2.45) is 0 Å². The Morgan fingerprint density at radius 1 is 1.36 bits per heavy atom. The van der Waals surface area contributed by atoms with Crippen molar-refractivity contribution in [3.63, 3.8) is 0 Å². The van der Waals surface area contributed by atoms with Crippen molar-refractivity contribution in [2.45, 2.75) is 6.92 Å². The average Bonchev–Trinajstić information content (AvgIpc) is 2.95. The molecule has 0 saturated carbocycles. The van der Waals surface area contributed by atoms with Gasteiger partial charge in [0.15, 0.2) is 5.13 Å². The number of thiazole rings is 1. The van der Waals surface area contributed by atoms with Gasteiger partial charge in [0.2, 0.25) is 5.43 Å². The fourth-order valence-electron chi connectivity index (χ4n) is 2.26. The summed E-state index contributed by atoms with van der Waals surface area (Å²) < 4.78 is 18.0. The van der Waals surface area contributed by atoms with Gasteiger partial charge in [0.1, 0.15) is 16.3 Å². The molecule has 3 rings (SSSR count). The molecular weight excluding hydrogens is 349 g/mol. The molecule has 9 heteroatoms. The van der Waals surface area contributed by atoms with Crippen molar-refractivity contribution in [3.8, 4) is 0 Å². The SMILES string of the molecule is COC(=O)c1sc(NC(=O)c2c[nH]c3ccc(F)cc3c2=O)nc1C. The van der Waals surface area contributed by atoms with Gasteiger partial charge in [-0.1, -0.05) is 11.3 Å². The van der Waals surface area contributed by atoms with Gasteiger partial charge in [0.25, 0.3) is 5.91 Å². The first-order chi connectivity index (χ1) is 11.9. The summed E-state index contributed by atoms with van der Waals surface area (Å²) in [5.41, 5.74) is 0.0282. The number of pyridine rings is 1. The molecule has 25 heavy (non-hydrogen) atoms. The number of nitrogens with one attached hydrogen (secondary N) is 2. The molecule has 0 fully saturated rings. The highest BCUT2D eigenvalue weighted by Crippen LogP contribution is 2.23. The predicted octanol–water partition coefficient (Wildman–Crippen LogP) is 2.47. The van der Waals surface area contributed by atoms with Crippen LogP contribution in [0.1, 0.15) is 25.7 Å². The molecule has 0 atom stereocenters. The van der Waals surface area contributed by atoms with E-state index >= 15 is 0 Å². The Balaban J connectivity index is 1.94. The third kappa shape index (κ3) is 3.13. The van der Waals surface area contributed by atoms with Crippen molar-refractivity contribution in [2.75, 3.05) is 12.4 Å². The van der Waals surface area contributed by atoms with E-state index in [4.69, 9.17) is 0 Å². The number of aryl methyl sites for hydroxylation is 1. The quantitative estimate of drug-likeness (QED) is 0.698. The van der Waals surface area contributed by atoms with Crippen LogP contribution in [0.4, 0.5) is 9.52 Å². The fourth-order valence-corrected chi connectivity index (χ4v) is 3.14. The zero-order valence-corrected chi connectivity index (χ0v) is 14.0. The lowest BCUT2D eigenvalue weighted by Crippen LogP contribution is -2.22. The number of benzene rings is 1. The zero-order chi connectivity index (χ0) is 18.1. The Labute approximate surface area is 144 Å². The van der Waals surface area contributed by atoms with Crippen LogP contribution >= 0.6 is 11.3 Å². The largest absolute Gasteiger partial charge is 0.465 e. The van der Waals surface area contributed by atoms with Crippen molar-refractivity contribution >= 4 is 39.2 Å². The molecule has 1 amide bonds. The van der Waals surface area contributed by atoms with E-state index in [1.54, 1.807) is 6.92 Å². The Morgan fingerprint density at radius 2 is 2.12 bits per heavy atom. The molecule has 0 radical (unpaired) electrons. The van der Waals surface area contributed by atoms with E-state index < -0.39 is 23.1 Å². The number of carbonyl (C=O) groups is 2. The molecule has 0 unspecified atom stereocenters. The molecule has 0 aliphatic heterocycles. The highest BCUT2D eigenvalue weighted by molar-refractivity contribution is 7.17. The fraction of sp³-hybridized carbons (Fsp3) is 0.125. The second-order valence-corrected chi connectivity index (χ2v) is 6.10. The second-order valence-electron chi connectivity index (χ2n) is 5.10. The van der Waals surface area contributed by atoms with E-state index in [-0.39, 0.29) is 21.0 Å². The van der Waals surface area contributed by atoms with Crippen LogP contribution in [0.3, 0.4) is 0 Å². The molecule has 2 heterocycles. The molecule has 0 spiro atoms. The van der Waals surface area contributed by atoms with Crippen molar-refractivity contribution < 1.29 is 18.7 Å². The minimum atomic E-state index is -0.711. The first-order valence-electron chi connectivity index (χ1n) is 7.08. The highest BCUT2D eigenvalue weighted by atomic mass is 32.1. The van der Waals surface area contributed by atoms with Crippen LogP contribution in [0.2, 0.25) is 0 Å². The van der Waals surface area contributed by atoms with Gasteiger partial charge in [-0.3, -0.25) is 14.9 Å². The number of aromatic nitrogens is 2. The van der Waals surface area contributed by atoms with Gasteiger partial charge in [-0.2, -0.15) is 0 Å². The molecule has 3 aromatic rings. The zero-order valence-electron chi connectivity index (χ0n) is 13.2. The van der Waals surface area contributed by atoms with E-state index in [1.165, 1.54) is 25.4 Å². The highest BCUT2D eigenvalue weighted by Gasteiger charge is 2.19. The third-order valence-corrected chi connectivity index (χ3v) is 4.53. The summed E-state index contributed by atoms with van der Waals surface area (Å²) in [6, 6.07) is 3.69. The molecule has 0 aliphatic rings. The Morgan fingerprint density at radius 3 is 2.84 bits per heavy atom. The van der Waals surface area contributed by atoms with Crippen LogP contribution in [-0.4, -0.2) is 29.0 Å². The topological polar surface area (TPSA) is 101 Å². The van der Waals surface area contributed by atoms with E-state index in [1.807, 2.05) is 0 Å². The Kier molecular flexibility index (Phi) is 4.32. The van der Waals surface area contributed by atoms with Gasteiger partial charge in [-0.15, -0.1) is 0 Å². The lowest BCUT2D eigenvalue weighted by molar-refractivity contribution is 0.0605.